The number of amides is 5. The van der Waals surface area contributed by atoms with Gasteiger partial charge in [-0.3, -0.25) is 24.0 Å². The van der Waals surface area contributed by atoms with Crippen LogP contribution in [0.5, 0.6) is 5.75 Å². The number of carbonyl (C=O) groups is 5. The molecule has 5 N–H and O–H groups in total. The van der Waals surface area contributed by atoms with Gasteiger partial charge in [-0.15, -0.1) is 0 Å². The molecule has 2 aromatic rings. The third-order valence-electron chi connectivity index (χ3n) is 6.84. The van der Waals surface area contributed by atoms with Crippen molar-refractivity contribution >= 4 is 29.5 Å². The Labute approximate surface area is 246 Å². The summed E-state index contributed by atoms with van der Waals surface area (Å²) >= 11 is 0. The Balaban J connectivity index is 1.81. The highest BCUT2D eigenvalue weighted by atomic mass is 16.5. The Morgan fingerprint density at radius 1 is 1.00 bits per heavy atom. The number of carbonyl (C=O) groups excluding carboxylic acids is 5. The second-order valence-electron chi connectivity index (χ2n) is 11.1. The lowest BCUT2D eigenvalue weighted by Crippen LogP contribution is -2.60. The van der Waals surface area contributed by atoms with Crippen LogP contribution in [0.2, 0.25) is 0 Å². The number of aryl methyl sites for hydroxylation is 1. The molecule has 0 radical (unpaired) electrons. The first-order chi connectivity index (χ1) is 20.0. The van der Waals surface area contributed by atoms with Crippen LogP contribution < -0.4 is 31.3 Å². The molecule has 2 atom stereocenters. The SMILES string of the molecule is CC(C)[C@H]1NC(=O)C(C)(C)NC(=O)C[C@@H](C(=O)NCCCc2ccccc2)NC(=O)c2ccccc2OCCNC1=O. The lowest BCUT2D eigenvalue weighted by Gasteiger charge is -2.30. The topological polar surface area (TPSA) is 155 Å². The number of para-hydroxylation sites is 1. The molecule has 42 heavy (non-hydrogen) atoms. The third-order valence-corrected chi connectivity index (χ3v) is 6.84. The molecule has 0 aromatic heterocycles. The predicted octanol–water partition coefficient (Wildman–Crippen LogP) is 1.47. The summed E-state index contributed by atoms with van der Waals surface area (Å²) in [4.78, 5) is 65.6. The largest absolute Gasteiger partial charge is 0.491 e. The average molecular weight is 580 g/mol. The molecule has 5 amide bonds. The maximum Gasteiger partial charge on any atom is 0.255 e. The number of ether oxygens (including phenoxy) is 1. The lowest BCUT2D eigenvalue weighted by molar-refractivity contribution is -0.136. The van der Waals surface area contributed by atoms with Crippen molar-refractivity contribution in [1.29, 1.82) is 0 Å². The molecule has 0 aliphatic carbocycles. The molecule has 3 rings (SSSR count). The van der Waals surface area contributed by atoms with Gasteiger partial charge in [0.1, 0.15) is 30.0 Å². The zero-order valence-electron chi connectivity index (χ0n) is 24.6. The molecule has 0 bridgehead atoms. The molecule has 0 spiro atoms. The number of benzene rings is 2. The highest BCUT2D eigenvalue weighted by Crippen LogP contribution is 2.18. The van der Waals surface area contributed by atoms with Crippen molar-refractivity contribution in [2.45, 2.75) is 64.6 Å². The Morgan fingerprint density at radius 3 is 2.40 bits per heavy atom. The van der Waals surface area contributed by atoms with Gasteiger partial charge in [0.25, 0.3) is 5.91 Å². The normalized spacial score (nSPS) is 20.1. The van der Waals surface area contributed by atoms with Crippen LogP contribution in [0.4, 0.5) is 0 Å². The van der Waals surface area contributed by atoms with E-state index < -0.39 is 53.6 Å². The third kappa shape index (κ3) is 9.32. The smallest absolute Gasteiger partial charge is 0.255 e. The zero-order chi connectivity index (χ0) is 30.7. The minimum absolute atomic E-state index is 0.0612. The van der Waals surface area contributed by atoms with E-state index in [9.17, 15) is 24.0 Å². The Hall–Kier alpha value is -4.41. The van der Waals surface area contributed by atoms with Gasteiger partial charge in [-0.1, -0.05) is 56.3 Å². The van der Waals surface area contributed by atoms with Crippen molar-refractivity contribution in [2.75, 3.05) is 19.7 Å². The van der Waals surface area contributed by atoms with E-state index in [4.69, 9.17) is 4.74 Å². The number of nitrogens with one attached hydrogen (secondary N) is 5. The first-order valence-electron chi connectivity index (χ1n) is 14.2. The molecule has 2 aromatic carbocycles. The predicted molar refractivity (Wildman–Crippen MR) is 158 cm³/mol. The van der Waals surface area contributed by atoms with Crippen molar-refractivity contribution in [1.82, 2.24) is 26.6 Å². The van der Waals surface area contributed by atoms with E-state index in [0.717, 1.165) is 12.0 Å². The fraction of sp³-hybridized carbons (Fsp3) is 0.452. The zero-order valence-corrected chi connectivity index (χ0v) is 24.6. The van der Waals surface area contributed by atoms with Crippen LogP contribution in [0.1, 0.15) is 56.5 Å². The van der Waals surface area contributed by atoms with E-state index in [1.165, 1.54) is 13.8 Å². The van der Waals surface area contributed by atoms with E-state index in [2.05, 4.69) is 26.6 Å². The molecule has 0 saturated carbocycles. The molecule has 0 saturated heterocycles. The van der Waals surface area contributed by atoms with E-state index >= 15 is 0 Å². The van der Waals surface area contributed by atoms with Crippen molar-refractivity contribution in [3.05, 3.63) is 65.7 Å². The minimum atomic E-state index is -1.41. The summed E-state index contributed by atoms with van der Waals surface area (Å²) in [6.07, 6.45) is 1.00. The highest BCUT2D eigenvalue weighted by Gasteiger charge is 2.35. The van der Waals surface area contributed by atoms with Gasteiger partial charge in [-0.25, -0.2) is 0 Å². The summed E-state index contributed by atoms with van der Waals surface area (Å²) in [5.41, 5.74) is -0.101. The van der Waals surface area contributed by atoms with Crippen LogP contribution in [0.25, 0.3) is 0 Å². The molecule has 11 heteroatoms. The van der Waals surface area contributed by atoms with Gasteiger partial charge in [0, 0.05) is 6.54 Å². The summed E-state index contributed by atoms with van der Waals surface area (Å²) in [7, 11) is 0. The molecule has 1 aliphatic rings. The van der Waals surface area contributed by atoms with Crippen LogP contribution in [-0.2, 0) is 25.6 Å². The molecular formula is C31H41N5O6. The second kappa shape index (κ2) is 15.0. The monoisotopic (exact) mass is 579 g/mol. The van der Waals surface area contributed by atoms with Crippen LogP contribution in [-0.4, -0.2) is 66.9 Å². The quantitative estimate of drug-likeness (QED) is 0.327. The van der Waals surface area contributed by atoms with E-state index in [-0.39, 0.29) is 30.4 Å². The van der Waals surface area contributed by atoms with Crippen molar-refractivity contribution in [2.24, 2.45) is 5.92 Å². The second-order valence-corrected chi connectivity index (χ2v) is 11.1. The maximum atomic E-state index is 13.3. The van der Waals surface area contributed by atoms with E-state index in [1.54, 1.807) is 38.1 Å². The first kappa shape index (κ1) is 32.1. The molecule has 1 aliphatic heterocycles. The van der Waals surface area contributed by atoms with Gasteiger partial charge in [0.05, 0.1) is 18.5 Å². The van der Waals surface area contributed by atoms with Gasteiger partial charge in [-0.2, -0.15) is 0 Å². The summed E-state index contributed by atoms with van der Waals surface area (Å²) < 4.78 is 5.78. The van der Waals surface area contributed by atoms with Crippen LogP contribution >= 0.6 is 0 Å². The van der Waals surface area contributed by atoms with E-state index in [0.29, 0.717) is 13.0 Å². The Kier molecular flexibility index (Phi) is 11.5. The van der Waals surface area contributed by atoms with Crippen molar-refractivity contribution < 1.29 is 28.7 Å². The molecule has 11 nitrogen and oxygen atoms in total. The summed E-state index contributed by atoms with van der Waals surface area (Å²) in [6.45, 7) is 7.13. The highest BCUT2D eigenvalue weighted by molar-refractivity contribution is 6.01. The van der Waals surface area contributed by atoms with Crippen LogP contribution in [0.15, 0.2) is 54.6 Å². The van der Waals surface area contributed by atoms with Crippen molar-refractivity contribution in [3.8, 4) is 5.75 Å². The van der Waals surface area contributed by atoms with Crippen molar-refractivity contribution in [3.63, 3.8) is 0 Å². The molecule has 1 heterocycles. The molecular weight excluding hydrogens is 538 g/mol. The fourth-order valence-electron chi connectivity index (χ4n) is 4.44. The minimum Gasteiger partial charge on any atom is -0.491 e. The summed E-state index contributed by atoms with van der Waals surface area (Å²) in [5.74, 6) is -2.70. The van der Waals surface area contributed by atoms with Gasteiger partial charge in [0.15, 0.2) is 0 Å². The van der Waals surface area contributed by atoms with Gasteiger partial charge in [-0.05, 0) is 50.3 Å². The fourth-order valence-corrected chi connectivity index (χ4v) is 4.44. The first-order valence-corrected chi connectivity index (χ1v) is 14.2. The van der Waals surface area contributed by atoms with Gasteiger partial charge < -0.3 is 31.3 Å². The Morgan fingerprint density at radius 2 is 1.69 bits per heavy atom. The summed E-state index contributed by atoms with van der Waals surface area (Å²) in [5, 5.41) is 13.6. The molecule has 0 fully saturated rings. The molecule has 226 valence electrons. The number of rotatable bonds is 6. The van der Waals surface area contributed by atoms with Crippen LogP contribution in [0, 0.1) is 5.92 Å². The molecule has 0 unspecified atom stereocenters. The number of hydrogen-bond donors (Lipinski definition) is 5. The van der Waals surface area contributed by atoms with E-state index in [1.807, 2.05) is 30.3 Å². The summed E-state index contributed by atoms with van der Waals surface area (Å²) in [6, 6.07) is 14.3. The number of fused-ring (bicyclic) bond motifs is 1. The van der Waals surface area contributed by atoms with Crippen LogP contribution in [0.3, 0.4) is 0 Å². The maximum absolute atomic E-state index is 13.3. The lowest BCUT2D eigenvalue weighted by atomic mass is 9.99. The number of hydrogen-bond acceptors (Lipinski definition) is 6. The standard InChI is InChI=1S/C31H41N5O6/c1-20(2)26-29(40)33-17-18-42-24-15-9-8-14-22(24)27(38)34-23(19-25(37)36-31(3,4)30(41)35-26)28(39)32-16-10-13-21-11-6-5-7-12-21/h5-9,11-12,14-15,20,23,26H,10,13,16-19H2,1-4H3,(H,32,39)(H,33,40)(H,34,38)(H,35,41)(H,36,37)/t23-,26+/m0/s1. The average Bonchev–Trinajstić information content (AvgIpc) is 2.95. The van der Waals surface area contributed by atoms with Gasteiger partial charge in [0.2, 0.25) is 23.6 Å². The Bertz CT molecular complexity index is 1260. The van der Waals surface area contributed by atoms with Gasteiger partial charge >= 0.3 is 0 Å².